The molecule has 0 aromatic carbocycles. The first-order valence-electron chi connectivity index (χ1n) is 5.56. The van der Waals surface area contributed by atoms with Crippen molar-refractivity contribution in [3.8, 4) is 0 Å². The van der Waals surface area contributed by atoms with E-state index < -0.39 is 12.2 Å². The van der Waals surface area contributed by atoms with Gasteiger partial charge in [0, 0.05) is 0 Å². The van der Waals surface area contributed by atoms with Crippen LogP contribution in [0.3, 0.4) is 0 Å². The van der Waals surface area contributed by atoms with Crippen molar-refractivity contribution in [3.63, 3.8) is 0 Å². The van der Waals surface area contributed by atoms with Crippen molar-refractivity contribution in [1.29, 1.82) is 0 Å². The molecule has 0 bridgehead atoms. The molecule has 0 radical (unpaired) electrons. The summed E-state index contributed by atoms with van der Waals surface area (Å²) in [6, 6.07) is 0. The van der Waals surface area contributed by atoms with E-state index in [1.807, 2.05) is 0 Å². The van der Waals surface area contributed by atoms with Crippen LogP contribution in [-0.4, -0.2) is 22.4 Å². The predicted octanol–water partition coefficient (Wildman–Crippen LogP) is 1.94. The molecule has 0 aromatic rings. The third-order valence-electron chi connectivity index (χ3n) is 3.51. The molecule has 0 heterocycles. The van der Waals surface area contributed by atoms with E-state index in [0.29, 0.717) is 5.92 Å². The van der Waals surface area contributed by atoms with Crippen molar-refractivity contribution in [1.82, 2.24) is 0 Å². The van der Waals surface area contributed by atoms with Crippen LogP contribution >= 0.6 is 0 Å². The highest BCUT2D eigenvalue weighted by Crippen LogP contribution is 2.33. The smallest absolute Gasteiger partial charge is 0.0829 e. The molecule has 1 aliphatic carbocycles. The molecule has 0 spiro atoms. The molecule has 0 saturated heterocycles. The Bertz CT molecular complexity index is 139. The van der Waals surface area contributed by atoms with Crippen molar-refractivity contribution in [3.05, 3.63) is 0 Å². The van der Waals surface area contributed by atoms with Crippen LogP contribution in [0.25, 0.3) is 0 Å². The second kappa shape index (κ2) is 4.97. The summed E-state index contributed by atoms with van der Waals surface area (Å²) in [5.74, 6) is 0.645. The summed E-state index contributed by atoms with van der Waals surface area (Å²) in [5.41, 5.74) is 0. The first-order chi connectivity index (χ1) is 6.20. The van der Waals surface area contributed by atoms with Gasteiger partial charge in [0.2, 0.25) is 0 Å². The Balaban J connectivity index is 2.38. The summed E-state index contributed by atoms with van der Waals surface area (Å²) in [5, 5.41) is 19.7. The number of hydrogen-bond donors (Lipinski definition) is 2. The second-order valence-corrected chi connectivity index (χ2v) is 4.25. The Morgan fingerprint density at radius 3 is 2.00 bits per heavy atom. The fourth-order valence-corrected chi connectivity index (χ4v) is 2.11. The Morgan fingerprint density at radius 2 is 1.69 bits per heavy atom. The Kier molecular flexibility index (Phi) is 4.20. The predicted molar refractivity (Wildman–Crippen MR) is 53.4 cm³/mol. The minimum absolute atomic E-state index is 0.274. The lowest BCUT2D eigenvalue weighted by Crippen LogP contribution is -2.41. The number of hydrogen-bond acceptors (Lipinski definition) is 2. The molecular formula is C11H22O2. The second-order valence-electron chi connectivity index (χ2n) is 4.25. The number of rotatable bonds is 5. The molecule has 1 saturated carbocycles. The average Bonchev–Trinajstić information content (AvgIpc) is 2.03. The summed E-state index contributed by atoms with van der Waals surface area (Å²) in [6.45, 7) is 4.15. The van der Waals surface area contributed by atoms with Gasteiger partial charge in [0.1, 0.15) is 0 Å². The molecule has 1 aliphatic rings. The highest BCUT2D eigenvalue weighted by molar-refractivity contribution is 4.84. The van der Waals surface area contributed by atoms with E-state index in [2.05, 4.69) is 13.8 Å². The van der Waals surface area contributed by atoms with E-state index in [9.17, 15) is 10.2 Å². The normalized spacial score (nSPS) is 22.8. The van der Waals surface area contributed by atoms with Crippen LogP contribution in [-0.2, 0) is 0 Å². The summed E-state index contributed by atoms with van der Waals surface area (Å²) in [4.78, 5) is 0. The van der Waals surface area contributed by atoms with Crippen molar-refractivity contribution in [2.45, 2.75) is 58.2 Å². The molecule has 0 aromatic heterocycles. The van der Waals surface area contributed by atoms with Crippen LogP contribution < -0.4 is 0 Å². The van der Waals surface area contributed by atoms with Crippen LogP contribution in [0.1, 0.15) is 46.0 Å². The Hall–Kier alpha value is -0.0800. The van der Waals surface area contributed by atoms with Gasteiger partial charge in [0.15, 0.2) is 0 Å². The molecule has 13 heavy (non-hydrogen) atoms. The van der Waals surface area contributed by atoms with Gasteiger partial charge in [-0.3, -0.25) is 0 Å². The monoisotopic (exact) mass is 186 g/mol. The lowest BCUT2D eigenvalue weighted by atomic mass is 9.76. The summed E-state index contributed by atoms with van der Waals surface area (Å²) < 4.78 is 0. The van der Waals surface area contributed by atoms with Gasteiger partial charge in [0.25, 0.3) is 0 Å². The maximum absolute atomic E-state index is 9.86. The SMILES string of the molecule is CCC(CC)C(O)C(O)C1CCC1. The maximum atomic E-state index is 9.86. The zero-order valence-electron chi connectivity index (χ0n) is 8.74. The molecule has 2 unspecified atom stereocenters. The molecular weight excluding hydrogens is 164 g/mol. The minimum Gasteiger partial charge on any atom is -0.390 e. The Morgan fingerprint density at radius 1 is 1.15 bits per heavy atom. The third kappa shape index (κ3) is 2.44. The standard InChI is InChI=1S/C11H22O2/c1-3-8(4-2)10(12)11(13)9-6-5-7-9/h8-13H,3-7H2,1-2H3. The van der Waals surface area contributed by atoms with Crippen LogP contribution in [0.4, 0.5) is 0 Å². The lowest BCUT2D eigenvalue weighted by molar-refractivity contribution is -0.0670. The van der Waals surface area contributed by atoms with E-state index in [-0.39, 0.29) is 5.92 Å². The number of aliphatic hydroxyl groups is 2. The van der Waals surface area contributed by atoms with E-state index in [0.717, 1.165) is 25.7 Å². The van der Waals surface area contributed by atoms with Gasteiger partial charge in [-0.15, -0.1) is 0 Å². The molecule has 0 aliphatic heterocycles. The van der Waals surface area contributed by atoms with E-state index >= 15 is 0 Å². The van der Waals surface area contributed by atoms with E-state index in [4.69, 9.17) is 0 Å². The average molecular weight is 186 g/mol. The van der Waals surface area contributed by atoms with Gasteiger partial charge >= 0.3 is 0 Å². The summed E-state index contributed by atoms with van der Waals surface area (Å²) in [7, 11) is 0. The maximum Gasteiger partial charge on any atom is 0.0829 e. The third-order valence-corrected chi connectivity index (χ3v) is 3.51. The molecule has 2 nitrogen and oxygen atoms in total. The zero-order valence-corrected chi connectivity index (χ0v) is 8.74. The molecule has 78 valence electrons. The van der Waals surface area contributed by atoms with Crippen LogP contribution in [0.5, 0.6) is 0 Å². The van der Waals surface area contributed by atoms with Gasteiger partial charge in [-0.1, -0.05) is 33.1 Å². The zero-order chi connectivity index (χ0) is 9.84. The fraction of sp³-hybridized carbons (Fsp3) is 1.00. The first kappa shape index (κ1) is 11.0. The van der Waals surface area contributed by atoms with E-state index in [1.54, 1.807) is 0 Å². The molecule has 2 heteroatoms. The first-order valence-corrected chi connectivity index (χ1v) is 5.56. The number of aliphatic hydroxyl groups excluding tert-OH is 2. The molecule has 2 N–H and O–H groups in total. The molecule has 1 fully saturated rings. The van der Waals surface area contributed by atoms with Crippen molar-refractivity contribution < 1.29 is 10.2 Å². The quantitative estimate of drug-likeness (QED) is 0.689. The fourth-order valence-electron chi connectivity index (χ4n) is 2.11. The van der Waals surface area contributed by atoms with Crippen molar-refractivity contribution in [2.24, 2.45) is 11.8 Å². The van der Waals surface area contributed by atoms with Gasteiger partial charge in [-0.25, -0.2) is 0 Å². The van der Waals surface area contributed by atoms with Crippen LogP contribution in [0.15, 0.2) is 0 Å². The topological polar surface area (TPSA) is 40.5 Å². The molecule has 1 rings (SSSR count). The lowest BCUT2D eigenvalue weighted by Gasteiger charge is -2.35. The van der Waals surface area contributed by atoms with Gasteiger partial charge in [0.05, 0.1) is 12.2 Å². The largest absolute Gasteiger partial charge is 0.390 e. The van der Waals surface area contributed by atoms with Gasteiger partial charge < -0.3 is 10.2 Å². The van der Waals surface area contributed by atoms with Crippen LogP contribution in [0.2, 0.25) is 0 Å². The van der Waals surface area contributed by atoms with Crippen molar-refractivity contribution in [2.75, 3.05) is 0 Å². The van der Waals surface area contributed by atoms with Gasteiger partial charge in [-0.2, -0.15) is 0 Å². The summed E-state index contributed by atoms with van der Waals surface area (Å²) >= 11 is 0. The highest BCUT2D eigenvalue weighted by atomic mass is 16.3. The molecule has 0 amide bonds. The van der Waals surface area contributed by atoms with Gasteiger partial charge in [-0.05, 0) is 24.7 Å². The van der Waals surface area contributed by atoms with Crippen molar-refractivity contribution >= 4 is 0 Å². The Labute approximate surface area is 81.0 Å². The minimum atomic E-state index is -0.500. The van der Waals surface area contributed by atoms with Crippen LogP contribution in [0, 0.1) is 11.8 Å². The van der Waals surface area contributed by atoms with E-state index in [1.165, 1.54) is 6.42 Å². The summed E-state index contributed by atoms with van der Waals surface area (Å²) in [6.07, 6.45) is 4.36. The molecule has 2 atom stereocenters. The highest BCUT2D eigenvalue weighted by Gasteiger charge is 2.33.